The van der Waals surface area contributed by atoms with E-state index in [9.17, 15) is 9.59 Å². The first-order chi connectivity index (χ1) is 21.4. The topological polar surface area (TPSA) is 126 Å². The number of benzene rings is 3. The van der Waals surface area contributed by atoms with Gasteiger partial charge in [0.25, 0.3) is 11.5 Å². The number of carbonyl (C=O) groups excluding carboxylic acids is 1. The second-order valence-corrected chi connectivity index (χ2v) is 10.2. The molecule has 0 spiro atoms. The van der Waals surface area contributed by atoms with Gasteiger partial charge in [-0.2, -0.15) is 0 Å². The van der Waals surface area contributed by atoms with Gasteiger partial charge in [0.1, 0.15) is 5.56 Å². The summed E-state index contributed by atoms with van der Waals surface area (Å²) in [6.07, 6.45) is 6.00. The molecule has 4 heterocycles. The Morgan fingerprint density at radius 3 is 2.45 bits per heavy atom. The molecule has 1 amide bonds. The number of primary amides is 1. The Labute approximate surface area is 253 Å². The molecule has 9 nitrogen and oxygen atoms in total. The first kappa shape index (κ1) is 28.0. The molecule has 0 atom stereocenters. The summed E-state index contributed by atoms with van der Waals surface area (Å²) in [6.45, 7) is 2.07. The first-order valence-electron chi connectivity index (χ1n) is 14.0. The van der Waals surface area contributed by atoms with E-state index in [1.807, 2.05) is 78.5 Å². The number of aromatic nitrogens is 5. The molecule has 0 bridgehead atoms. The third kappa shape index (κ3) is 5.05. The van der Waals surface area contributed by atoms with E-state index in [1.165, 1.54) is 4.52 Å². The van der Waals surface area contributed by atoms with Crippen molar-refractivity contribution in [3.8, 4) is 17.5 Å². The zero-order chi connectivity index (χ0) is 30.8. The maximum absolute atomic E-state index is 13.6. The largest absolute Gasteiger partial charge is 0.381 e. The van der Waals surface area contributed by atoms with E-state index in [0.29, 0.717) is 11.0 Å². The Bertz CT molecular complexity index is 2300. The van der Waals surface area contributed by atoms with Crippen molar-refractivity contribution in [2.45, 2.75) is 13.3 Å². The second-order valence-electron chi connectivity index (χ2n) is 10.2. The standard InChI is InChI=1S/C28H22N2O.C7H7N5O/c1-3-23-18-21-11-9-10-20(27(21)28(31)30(23)24-12-5-4-6-13-24)16-17-22-19-29(2)26-15-8-7-14-25(22)26;8-5-4(6(9)13)7-10-2-1-3-12(7)11-5/h4-15,18-19H,3H2,1-2H3;1-3H,(H2,8,11)(H2,9,13). The lowest BCUT2D eigenvalue weighted by molar-refractivity contribution is 0.100. The van der Waals surface area contributed by atoms with Gasteiger partial charge in [-0.1, -0.05) is 67.3 Å². The van der Waals surface area contributed by atoms with E-state index in [2.05, 4.69) is 51.6 Å². The number of rotatable bonds is 3. The molecule has 44 heavy (non-hydrogen) atoms. The monoisotopic (exact) mass is 579 g/mol. The van der Waals surface area contributed by atoms with Gasteiger partial charge in [-0.15, -0.1) is 5.10 Å². The Morgan fingerprint density at radius 1 is 0.932 bits per heavy atom. The van der Waals surface area contributed by atoms with Crippen molar-refractivity contribution in [3.05, 3.63) is 136 Å². The minimum Gasteiger partial charge on any atom is -0.381 e. The fourth-order valence-corrected chi connectivity index (χ4v) is 5.36. The van der Waals surface area contributed by atoms with Crippen molar-refractivity contribution in [1.29, 1.82) is 0 Å². The number of amides is 1. The smallest absolute Gasteiger partial charge is 0.264 e. The van der Waals surface area contributed by atoms with E-state index in [1.54, 1.807) is 18.5 Å². The Kier molecular flexibility index (Phi) is 7.40. The molecule has 0 aliphatic carbocycles. The van der Waals surface area contributed by atoms with Crippen molar-refractivity contribution in [2.75, 3.05) is 5.73 Å². The summed E-state index contributed by atoms with van der Waals surface area (Å²) in [6, 6.07) is 27.7. The number of hydrogen-bond donors (Lipinski definition) is 2. The third-order valence-electron chi connectivity index (χ3n) is 7.40. The molecule has 0 fully saturated rings. The van der Waals surface area contributed by atoms with E-state index >= 15 is 0 Å². The van der Waals surface area contributed by atoms with Gasteiger partial charge < -0.3 is 16.0 Å². The van der Waals surface area contributed by atoms with Crippen molar-refractivity contribution in [2.24, 2.45) is 12.8 Å². The predicted molar refractivity (Wildman–Crippen MR) is 174 cm³/mol. The van der Waals surface area contributed by atoms with E-state index in [0.717, 1.165) is 45.2 Å². The van der Waals surface area contributed by atoms with Crippen LogP contribution in [0, 0.1) is 11.8 Å². The lowest BCUT2D eigenvalue weighted by Gasteiger charge is -2.14. The molecule has 4 N–H and O–H groups in total. The van der Waals surface area contributed by atoms with Crippen LogP contribution in [0.25, 0.3) is 33.0 Å². The molecular formula is C35H29N7O2. The third-order valence-corrected chi connectivity index (χ3v) is 7.40. The normalized spacial score (nSPS) is 10.8. The average Bonchev–Trinajstić information content (AvgIpc) is 3.55. The lowest BCUT2D eigenvalue weighted by atomic mass is 10.0. The highest BCUT2D eigenvalue weighted by atomic mass is 16.1. The number of pyridine rings is 1. The number of anilines is 1. The van der Waals surface area contributed by atoms with Crippen molar-refractivity contribution in [3.63, 3.8) is 0 Å². The van der Waals surface area contributed by atoms with Gasteiger partial charge in [0.2, 0.25) is 0 Å². The molecule has 4 aromatic heterocycles. The molecule has 7 rings (SSSR count). The lowest BCUT2D eigenvalue weighted by Crippen LogP contribution is -2.22. The summed E-state index contributed by atoms with van der Waals surface area (Å²) in [5, 5.41) is 6.58. The van der Waals surface area contributed by atoms with Crippen LogP contribution in [0.3, 0.4) is 0 Å². The molecule has 7 aromatic rings. The zero-order valence-corrected chi connectivity index (χ0v) is 24.2. The van der Waals surface area contributed by atoms with Gasteiger partial charge in [0.05, 0.1) is 10.9 Å². The molecule has 0 unspecified atom stereocenters. The Hall–Kier alpha value is -6.14. The van der Waals surface area contributed by atoms with E-state index < -0.39 is 5.91 Å². The molecule has 0 saturated carbocycles. The van der Waals surface area contributed by atoms with Crippen LogP contribution in [0.2, 0.25) is 0 Å². The number of nitrogens with zero attached hydrogens (tertiary/aromatic N) is 5. The molecule has 0 radical (unpaired) electrons. The zero-order valence-electron chi connectivity index (χ0n) is 24.2. The van der Waals surface area contributed by atoms with Crippen LogP contribution in [0.5, 0.6) is 0 Å². The summed E-state index contributed by atoms with van der Waals surface area (Å²) in [4.78, 5) is 28.5. The van der Waals surface area contributed by atoms with Gasteiger partial charge in [-0.3, -0.25) is 14.2 Å². The number of hydrogen-bond acceptors (Lipinski definition) is 5. The molecule has 216 valence electrons. The average molecular weight is 580 g/mol. The SMILES string of the molecule is CCc1cc2cccc(C#Cc3cn(C)c4ccccc34)c2c(=O)n1-c1ccccc1.NC(=O)c1c(N)nn2cccnc12. The maximum atomic E-state index is 13.6. The van der Waals surface area contributed by atoms with Crippen molar-refractivity contribution >= 4 is 39.0 Å². The van der Waals surface area contributed by atoms with Gasteiger partial charge in [0, 0.05) is 53.5 Å². The molecule has 0 aliphatic heterocycles. The van der Waals surface area contributed by atoms with E-state index in [4.69, 9.17) is 11.5 Å². The number of aryl methyl sites for hydroxylation is 2. The summed E-state index contributed by atoms with van der Waals surface area (Å²) >= 11 is 0. The van der Waals surface area contributed by atoms with Crippen LogP contribution in [-0.2, 0) is 13.5 Å². The highest BCUT2D eigenvalue weighted by Gasteiger charge is 2.15. The minimum absolute atomic E-state index is 0.0247. The molecule has 3 aromatic carbocycles. The molecule has 9 heteroatoms. The molecular weight excluding hydrogens is 550 g/mol. The van der Waals surface area contributed by atoms with Crippen molar-refractivity contribution in [1.82, 2.24) is 23.7 Å². The minimum atomic E-state index is -0.619. The number of fused-ring (bicyclic) bond motifs is 3. The Balaban J connectivity index is 0.000000220. The summed E-state index contributed by atoms with van der Waals surface area (Å²) in [7, 11) is 2.02. The fourth-order valence-electron chi connectivity index (χ4n) is 5.36. The molecule has 0 saturated heterocycles. The Morgan fingerprint density at radius 2 is 1.68 bits per heavy atom. The van der Waals surface area contributed by atoms with Crippen LogP contribution in [-0.4, -0.2) is 29.6 Å². The van der Waals surface area contributed by atoms with Crippen LogP contribution >= 0.6 is 0 Å². The fraction of sp³-hybridized carbons (Fsp3) is 0.0857. The first-order valence-corrected chi connectivity index (χ1v) is 14.0. The van der Waals surface area contributed by atoms with Gasteiger partial charge >= 0.3 is 0 Å². The van der Waals surface area contributed by atoms with Crippen LogP contribution in [0.15, 0.2) is 108 Å². The highest BCUT2D eigenvalue weighted by Crippen LogP contribution is 2.22. The van der Waals surface area contributed by atoms with Gasteiger partial charge in [-0.05, 0) is 48.2 Å². The summed E-state index contributed by atoms with van der Waals surface area (Å²) in [5.74, 6) is 6.09. The van der Waals surface area contributed by atoms with E-state index in [-0.39, 0.29) is 16.9 Å². The van der Waals surface area contributed by atoms with Crippen LogP contribution in [0.1, 0.15) is 34.1 Å². The number of nitrogen functional groups attached to an aromatic ring is 1. The maximum Gasteiger partial charge on any atom is 0.264 e. The second kappa shape index (κ2) is 11.6. The number of para-hydroxylation sites is 2. The highest BCUT2D eigenvalue weighted by molar-refractivity contribution is 6.03. The van der Waals surface area contributed by atoms with Crippen molar-refractivity contribution < 1.29 is 4.79 Å². The number of nitrogens with two attached hydrogens (primary N) is 2. The van der Waals surface area contributed by atoms with Crippen LogP contribution < -0.4 is 17.0 Å². The quantitative estimate of drug-likeness (QED) is 0.289. The predicted octanol–water partition coefficient (Wildman–Crippen LogP) is 4.86. The van der Waals surface area contributed by atoms with Crippen LogP contribution in [0.4, 0.5) is 5.82 Å². The van der Waals surface area contributed by atoms with Gasteiger partial charge in [-0.25, -0.2) is 9.50 Å². The summed E-state index contributed by atoms with van der Waals surface area (Å²) in [5.41, 5.74) is 15.8. The number of carbonyl (C=O) groups is 1. The summed E-state index contributed by atoms with van der Waals surface area (Å²) < 4.78 is 5.30. The van der Waals surface area contributed by atoms with Gasteiger partial charge in [0.15, 0.2) is 11.5 Å². The molecule has 0 aliphatic rings.